The van der Waals surface area contributed by atoms with Crippen LogP contribution in [0.5, 0.6) is 0 Å². The largest absolute Gasteiger partial charge is 0.387 e. The van der Waals surface area contributed by atoms with E-state index in [0.29, 0.717) is 6.61 Å². The molecule has 0 bridgehead atoms. The number of ether oxygens (including phenoxy) is 2. The van der Waals surface area contributed by atoms with Crippen LogP contribution in [0.15, 0.2) is 0 Å². The summed E-state index contributed by atoms with van der Waals surface area (Å²) < 4.78 is 23.6. The molecule has 1 N–H and O–H groups in total. The summed E-state index contributed by atoms with van der Waals surface area (Å²) in [7, 11) is 1.52. The Bertz CT molecular complexity index is 165. The van der Waals surface area contributed by atoms with Crippen molar-refractivity contribution in [3.8, 4) is 0 Å². The van der Waals surface area contributed by atoms with Gasteiger partial charge in [-0.2, -0.15) is 0 Å². The van der Waals surface area contributed by atoms with Crippen LogP contribution < -0.4 is 0 Å². The highest BCUT2D eigenvalue weighted by atomic mass is 19.1. The molecule has 78 valence electrons. The number of hydrogen-bond acceptors (Lipinski definition) is 3. The van der Waals surface area contributed by atoms with Gasteiger partial charge in [-0.15, -0.1) is 0 Å². The molecular formula is C9H17FO3. The summed E-state index contributed by atoms with van der Waals surface area (Å²) in [5.41, 5.74) is 0. The van der Waals surface area contributed by atoms with Gasteiger partial charge in [0.05, 0.1) is 12.7 Å². The smallest absolute Gasteiger partial charge is 0.133 e. The zero-order chi connectivity index (χ0) is 10.0. The van der Waals surface area contributed by atoms with Crippen molar-refractivity contribution < 1.29 is 19.0 Å². The monoisotopic (exact) mass is 192 g/mol. The van der Waals surface area contributed by atoms with Gasteiger partial charge in [-0.25, -0.2) is 4.39 Å². The van der Waals surface area contributed by atoms with Crippen molar-refractivity contribution in [2.24, 2.45) is 5.92 Å². The van der Waals surface area contributed by atoms with Crippen LogP contribution in [0.2, 0.25) is 0 Å². The van der Waals surface area contributed by atoms with Crippen LogP contribution in [0.1, 0.15) is 13.8 Å². The van der Waals surface area contributed by atoms with Crippen LogP contribution in [0.3, 0.4) is 0 Å². The van der Waals surface area contributed by atoms with Gasteiger partial charge in [0.15, 0.2) is 0 Å². The second-order valence-corrected chi connectivity index (χ2v) is 3.65. The number of rotatable bonds is 2. The van der Waals surface area contributed by atoms with E-state index in [1.165, 1.54) is 7.11 Å². The maximum Gasteiger partial charge on any atom is 0.133 e. The zero-order valence-corrected chi connectivity index (χ0v) is 8.24. The van der Waals surface area contributed by atoms with Crippen molar-refractivity contribution in [3.05, 3.63) is 0 Å². The summed E-state index contributed by atoms with van der Waals surface area (Å²) >= 11 is 0. The molecule has 1 rings (SSSR count). The second-order valence-electron chi connectivity index (χ2n) is 3.65. The van der Waals surface area contributed by atoms with Crippen molar-refractivity contribution in [1.29, 1.82) is 0 Å². The predicted molar refractivity (Wildman–Crippen MR) is 46.3 cm³/mol. The van der Waals surface area contributed by atoms with Gasteiger partial charge in [0.1, 0.15) is 18.4 Å². The molecule has 0 aliphatic carbocycles. The Labute approximate surface area is 77.8 Å². The van der Waals surface area contributed by atoms with Crippen LogP contribution >= 0.6 is 0 Å². The molecule has 0 aromatic heterocycles. The van der Waals surface area contributed by atoms with E-state index in [4.69, 9.17) is 9.47 Å². The van der Waals surface area contributed by atoms with E-state index in [9.17, 15) is 9.50 Å². The first-order valence-corrected chi connectivity index (χ1v) is 4.54. The Kier molecular flexibility index (Phi) is 3.64. The van der Waals surface area contributed by atoms with Crippen LogP contribution in [0.25, 0.3) is 0 Å². The van der Waals surface area contributed by atoms with Crippen LogP contribution in [-0.4, -0.2) is 43.3 Å². The molecule has 13 heavy (non-hydrogen) atoms. The van der Waals surface area contributed by atoms with Crippen LogP contribution in [-0.2, 0) is 9.47 Å². The molecule has 0 saturated carbocycles. The fourth-order valence-electron chi connectivity index (χ4n) is 1.52. The minimum absolute atomic E-state index is 0.240. The average Bonchev–Trinajstić information content (AvgIpc) is 2.13. The van der Waals surface area contributed by atoms with Crippen molar-refractivity contribution in [1.82, 2.24) is 0 Å². The topological polar surface area (TPSA) is 38.7 Å². The van der Waals surface area contributed by atoms with E-state index < -0.39 is 18.4 Å². The van der Waals surface area contributed by atoms with Gasteiger partial charge in [-0.3, -0.25) is 0 Å². The summed E-state index contributed by atoms with van der Waals surface area (Å²) in [5.74, 6) is -0.240. The molecule has 1 fully saturated rings. The number of aliphatic hydroxyl groups excluding tert-OH is 1. The van der Waals surface area contributed by atoms with Gasteiger partial charge in [-0.1, -0.05) is 6.92 Å². The molecule has 3 nitrogen and oxygen atoms in total. The number of halogens is 1. The van der Waals surface area contributed by atoms with Gasteiger partial charge in [0, 0.05) is 13.0 Å². The Morgan fingerprint density at radius 2 is 2.23 bits per heavy atom. The van der Waals surface area contributed by atoms with E-state index in [1.807, 2.05) is 0 Å². The lowest BCUT2D eigenvalue weighted by Gasteiger charge is -2.37. The number of hydrogen-bond donors (Lipinski definition) is 1. The Balaban J connectivity index is 2.58. The van der Waals surface area contributed by atoms with E-state index in [0.717, 1.165) is 0 Å². The molecule has 0 amide bonds. The molecule has 0 radical (unpaired) electrons. The Morgan fingerprint density at radius 3 is 2.77 bits per heavy atom. The molecule has 0 unspecified atom stereocenters. The van der Waals surface area contributed by atoms with E-state index in [2.05, 4.69) is 0 Å². The lowest BCUT2D eigenvalue weighted by atomic mass is 9.93. The minimum Gasteiger partial charge on any atom is -0.387 e. The van der Waals surface area contributed by atoms with Crippen molar-refractivity contribution in [3.63, 3.8) is 0 Å². The van der Waals surface area contributed by atoms with Gasteiger partial charge in [-0.05, 0) is 6.92 Å². The maximum atomic E-state index is 13.3. The van der Waals surface area contributed by atoms with E-state index >= 15 is 0 Å². The molecule has 5 atom stereocenters. The average molecular weight is 192 g/mol. The summed E-state index contributed by atoms with van der Waals surface area (Å²) in [6.07, 6.45) is -3.10. The second kappa shape index (κ2) is 4.35. The summed E-state index contributed by atoms with van der Waals surface area (Å²) in [6, 6.07) is 0. The highest BCUT2D eigenvalue weighted by Gasteiger charge is 2.40. The van der Waals surface area contributed by atoms with Crippen molar-refractivity contribution in [2.75, 3.05) is 13.7 Å². The normalized spacial score (nSPS) is 43.2. The lowest BCUT2D eigenvalue weighted by molar-refractivity contribution is -0.174. The molecular weight excluding hydrogens is 175 g/mol. The van der Waals surface area contributed by atoms with Gasteiger partial charge in [0.2, 0.25) is 0 Å². The van der Waals surface area contributed by atoms with Crippen molar-refractivity contribution in [2.45, 2.75) is 38.3 Å². The fraction of sp³-hybridized carbons (Fsp3) is 1.00. The summed E-state index contributed by atoms with van der Waals surface area (Å²) in [6.45, 7) is 3.83. The van der Waals surface area contributed by atoms with Gasteiger partial charge < -0.3 is 14.6 Å². The first kappa shape index (κ1) is 10.9. The zero-order valence-electron chi connectivity index (χ0n) is 8.24. The number of methoxy groups -OCH3 is 1. The SMILES string of the molecule is CO[C@@H](C)[C@H]1OC[C@@H](C)[C@H](F)[C@@H]1O. The third-order valence-electron chi connectivity index (χ3n) is 2.59. The molecule has 1 saturated heterocycles. The van der Waals surface area contributed by atoms with Gasteiger partial charge in [0.25, 0.3) is 0 Å². The highest BCUT2D eigenvalue weighted by molar-refractivity contribution is 4.88. The molecule has 1 aliphatic heterocycles. The van der Waals surface area contributed by atoms with Crippen molar-refractivity contribution >= 4 is 0 Å². The molecule has 1 aliphatic rings. The lowest BCUT2D eigenvalue weighted by Crippen LogP contribution is -2.51. The Hall–Kier alpha value is -0.190. The molecule has 0 aromatic carbocycles. The highest BCUT2D eigenvalue weighted by Crippen LogP contribution is 2.25. The summed E-state index contributed by atoms with van der Waals surface area (Å²) in [4.78, 5) is 0. The van der Waals surface area contributed by atoms with E-state index in [1.54, 1.807) is 13.8 Å². The van der Waals surface area contributed by atoms with E-state index in [-0.39, 0.29) is 12.0 Å². The third kappa shape index (κ3) is 2.18. The molecule has 1 heterocycles. The summed E-state index contributed by atoms with van der Waals surface area (Å²) in [5, 5.41) is 9.53. The van der Waals surface area contributed by atoms with Crippen LogP contribution in [0, 0.1) is 5.92 Å². The first-order valence-electron chi connectivity index (χ1n) is 4.54. The quantitative estimate of drug-likeness (QED) is 0.702. The molecule has 0 aromatic rings. The number of alkyl halides is 1. The predicted octanol–water partition coefficient (Wildman–Crippen LogP) is 0.755. The molecule has 4 heteroatoms. The molecule has 0 spiro atoms. The van der Waals surface area contributed by atoms with Gasteiger partial charge >= 0.3 is 0 Å². The third-order valence-corrected chi connectivity index (χ3v) is 2.59. The Morgan fingerprint density at radius 1 is 1.62 bits per heavy atom. The minimum atomic E-state index is -1.21. The maximum absolute atomic E-state index is 13.3. The standard InChI is InChI=1S/C9H17FO3/c1-5-4-13-9(6(2)12-3)8(11)7(5)10/h5-9,11H,4H2,1-3H3/t5-,6+,7+,8+,9-/m1/s1. The fourth-order valence-corrected chi connectivity index (χ4v) is 1.52. The number of aliphatic hydroxyl groups is 1. The van der Waals surface area contributed by atoms with Crippen LogP contribution in [0.4, 0.5) is 4.39 Å². The first-order chi connectivity index (χ1) is 6.07.